The van der Waals surface area contributed by atoms with Crippen LogP contribution in [0.3, 0.4) is 0 Å². The molecule has 4 nitrogen and oxygen atoms in total. The normalized spacial score (nSPS) is 10.8. The topological polar surface area (TPSA) is 47.9 Å². The van der Waals surface area contributed by atoms with Crippen molar-refractivity contribution in [1.29, 1.82) is 0 Å². The molecule has 0 spiro atoms. The fraction of sp³-hybridized carbons (Fsp3) is 0.133. The van der Waals surface area contributed by atoms with E-state index in [1.807, 2.05) is 31.2 Å². The van der Waals surface area contributed by atoms with Crippen molar-refractivity contribution in [3.05, 3.63) is 47.2 Å². The Morgan fingerprint density at radius 1 is 1.14 bits per heavy atom. The van der Waals surface area contributed by atoms with Gasteiger partial charge < -0.3 is 4.74 Å². The molecule has 0 saturated heterocycles. The summed E-state index contributed by atoms with van der Waals surface area (Å²) in [7, 11) is 1.60. The van der Waals surface area contributed by atoms with E-state index < -0.39 is 0 Å². The van der Waals surface area contributed by atoms with Gasteiger partial charge in [-0.2, -0.15) is 4.98 Å². The van der Waals surface area contributed by atoms with Gasteiger partial charge in [-0.15, -0.1) is 0 Å². The van der Waals surface area contributed by atoms with Crippen LogP contribution < -0.4 is 4.74 Å². The van der Waals surface area contributed by atoms with Gasteiger partial charge in [0, 0.05) is 33.3 Å². The van der Waals surface area contributed by atoms with Gasteiger partial charge in [-0.3, -0.25) is 4.98 Å². The molecule has 0 radical (unpaired) electrons. The molecule has 0 fully saturated rings. The lowest BCUT2D eigenvalue weighted by Gasteiger charge is -2.07. The van der Waals surface area contributed by atoms with Gasteiger partial charge in [0.25, 0.3) is 0 Å². The summed E-state index contributed by atoms with van der Waals surface area (Å²) in [5.74, 6) is 0.561. The summed E-state index contributed by atoms with van der Waals surface area (Å²) >= 11 is 7.48. The minimum absolute atomic E-state index is 0.561. The summed E-state index contributed by atoms with van der Waals surface area (Å²) in [4.78, 5) is 14.1. The van der Waals surface area contributed by atoms with E-state index in [1.54, 1.807) is 19.4 Å². The molecule has 6 heteroatoms. The highest BCUT2D eigenvalue weighted by atomic mass is 35.5. The second kappa shape index (κ2) is 5.87. The van der Waals surface area contributed by atoms with Crippen LogP contribution in [-0.2, 0) is 0 Å². The molecule has 0 aliphatic rings. The van der Waals surface area contributed by atoms with E-state index in [0.29, 0.717) is 16.1 Å². The number of benzene rings is 1. The number of methoxy groups -OCH3 is 1. The molecule has 3 rings (SSSR count). The number of hydrogen-bond donors (Lipinski definition) is 0. The van der Waals surface area contributed by atoms with E-state index in [9.17, 15) is 0 Å². The number of rotatable bonds is 3. The Morgan fingerprint density at radius 3 is 2.81 bits per heavy atom. The van der Waals surface area contributed by atoms with E-state index in [2.05, 4.69) is 15.0 Å². The van der Waals surface area contributed by atoms with Gasteiger partial charge in [-0.1, -0.05) is 17.7 Å². The van der Waals surface area contributed by atoms with Crippen molar-refractivity contribution < 1.29 is 4.74 Å². The molecule has 0 saturated carbocycles. The van der Waals surface area contributed by atoms with Gasteiger partial charge in [-0.05, 0) is 36.9 Å². The zero-order valence-electron chi connectivity index (χ0n) is 11.5. The van der Waals surface area contributed by atoms with Crippen molar-refractivity contribution in [1.82, 2.24) is 15.0 Å². The number of fused-ring (bicyclic) bond motifs is 1. The van der Waals surface area contributed by atoms with Crippen molar-refractivity contribution in [2.24, 2.45) is 0 Å². The molecule has 0 amide bonds. The number of halogens is 1. The third kappa shape index (κ3) is 3.09. The van der Waals surface area contributed by atoms with E-state index in [0.717, 1.165) is 21.5 Å². The van der Waals surface area contributed by atoms with Crippen molar-refractivity contribution in [3.63, 3.8) is 0 Å². The number of hydrogen-bond acceptors (Lipinski definition) is 5. The summed E-state index contributed by atoms with van der Waals surface area (Å²) in [6.07, 6.45) is 1.76. The molecule has 0 atom stereocenters. The third-order valence-corrected chi connectivity index (χ3v) is 4.06. The van der Waals surface area contributed by atoms with Crippen LogP contribution in [0, 0.1) is 6.92 Å². The fourth-order valence-electron chi connectivity index (χ4n) is 1.95. The van der Waals surface area contributed by atoms with Crippen molar-refractivity contribution in [3.8, 4) is 5.88 Å². The molecule has 0 bridgehead atoms. The second-order valence-corrected chi connectivity index (χ2v) is 5.85. The maximum atomic E-state index is 6.00. The summed E-state index contributed by atoms with van der Waals surface area (Å²) in [5.41, 5.74) is 1.72. The fourth-order valence-corrected chi connectivity index (χ4v) is 3.05. The van der Waals surface area contributed by atoms with Crippen LogP contribution in [-0.4, -0.2) is 22.1 Å². The molecule has 0 aliphatic carbocycles. The van der Waals surface area contributed by atoms with Crippen LogP contribution in [0.15, 0.2) is 46.6 Å². The largest absolute Gasteiger partial charge is 0.481 e. The molecule has 0 aliphatic heterocycles. The minimum Gasteiger partial charge on any atom is -0.481 e. The van der Waals surface area contributed by atoms with Crippen LogP contribution in [0.25, 0.3) is 10.9 Å². The van der Waals surface area contributed by atoms with Gasteiger partial charge >= 0.3 is 0 Å². The van der Waals surface area contributed by atoms with Gasteiger partial charge in [0.1, 0.15) is 0 Å². The second-order valence-electron chi connectivity index (χ2n) is 4.41. The lowest BCUT2D eigenvalue weighted by atomic mass is 10.2. The Kier molecular flexibility index (Phi) is 3.94. The first-order valence-corrected chi connectivity index (χ1v) is 7.47. The molecule has 0 N–H and O–H groups in total. The lowest BCUT2D eigenvalue weighted by Crippen LogP contribution is -1.94. The van der Waals surface area contributed by atoms with Gasteiger partial charge in [-0.25, -0.2) is 4.98 Å². The first-order valence-electron chi connectivity index (χ1n) is 6.27. The smallest absolute Gasteiger partial charge is 0.217 e. The van der Waals surface area contributed by atoms with Crippen LogP contribution in [0.4, 0.5) is 0 Å². The molecule has 3 aromatic rings. The van der Waals surface area contributed by atoms with E-state index in [-0.39, 0.29) is 0 Å². The Hall–Kier alpha value is -1.85. The Morgan fingerprint density at radius 2 is 2.00 bits per heavy atom. The molecule has 2 heterocycles. The van der Waals surface area contributed by atoms with E-state index >= 15 is 0 Å². The van der Waals surface area contributed by atoms with Gasteiger partial charge in [0.05, 0.1) is 12.6 Å². The highest BCUT2D eigenvalue weighted by Gasteiger charge is 2.08. The zero-order chi connectivity index (χ0) is 14.8. The number of pyridine rings is 1. The standard InChI is InChI=1S/C15H12ClN3OS/c1-9-7-14(20-2)19-15(18-9)21-13-5-6-17-12-8-10(16)3-4-11(12)13/h3-8H,1-2H3. The molecular formula is C15H12ClN3OS. The molecule has 21 heavy (non-hydrogen) atoms. The van der Waals surface area contributed by atoms with Crippen LogP contribution in [0.2, 0.25) is 5.02 Å². The predicted molar refractivity (Wildman–Crippen MR) is 84.2 cm³/mol. The molecule has 106 valence electrons. The maximum Gasteiger partial charge on any atom is 0.217 e. The van der Waals surface area contributed by atoms with E-state index in [4.69, 9.17) is 16.3 Å². The average molecular weight is 318 g/mol. The highest BCUT2D eigenvalue weighted by Crippen LogP contribution is 2.32. The third-order valence-electron chi connectivity index (χ3n) is 2.89. The Labute approximate surface area is 131 Å². The molecule has 1 aromatic carbocycles. The SMILES string of the molecule is COc1cc(C)nc(Sc2ccnc3cc(Cl)ccc23)n1. The first kappa shape index (κ1) is 14.1. The summed E-state index contributed by atoms with van der Waals surface area (Å²) in [6.45, 7) is 1.92. The molecule has 0 unspecified atom stereocenters. The van der Waals surface area contributed by atoms with Crippen molar-refractivity contribution in [2.45, 2.75) is 17.0 Å². The number of nitrogens with zero attached hydrogens (tertiary/aromatic N) is 3. The van der Waals surface area contributed by atoms with Gasteiger partial charge in [0.15, 0.2) is 5.16 Å². The minimum atomic E-state index is 0.561. The van der Waals surface area contributed by atoms with Crippen molar-refractivity contribution >= 4 is 34.3 Å². The maximum absolute atomic E-state index is 6.00. The summed E-state index contributed by atoms with van der Waals surface area (Å²) < 4.78 is 5.18. The van der Waals surface area contributed by atoms with Crippen LogP contribution >= 0.6 is 23.4 Å². The van der Waals surface area contributed by atoms with Gasteiger partial charge in [0.2, 0.25) is 5.88 Å². The average Bonchev–Trinajstić information content (AvgIpc) is 2.46. The quantitative estimate of drug-likeness (QED) is 0.679. The molecular weight excluding hydrogens is 306 g/mol. The van der Waals surface area contributed by atoms with Crippen LogP contribution in [0.5, 0.6) is 5.88 Å². The summed E-state index contributed by atoms with van der Waals surface area (Å²) in [5, 5.41) is 2.34. The number of aryl methyl sites for hydroxylation is 1. The van der Waals surface area contributed by atoms with Crippen molar-refractivity contribution in [2.75, 3.05) is 7.11 Å². The zero-order valence-corrected chi connectivity index (χ0v) is 13.1. The lowest BCUT2D eigenvalue weighted by molar-refractivity contribution is 0.391. The first-order chi connectivity index (χ1) is 10.2. The highest BCUT2D eigenvalue weighted by molar-refractivity contribution is 7.99. The van der Waals surface area contributed by atoms with E-state index in [1.165, 1.54) is 11.8 Å². The Bertz CT molecular complexity index is 810. The van der Waals surface area contributed by atoms with Crippen LogP contribution in [0.1, 0.15) is 5.69 Å². The molecule has 2 aromatic heterocycles. The monoisotopic (exact) mass is 317 g/mol. The Balaban J connectivity index is 2.04. The summed E-state index contributed by atoms with van der Waals surface area (Å²) in [6, 6.07) is 9.40. The predicted octanol–water partition coefficient (Wildman–Crippen LogP) is 4.15. The number of aromatic nitrogens is 3. The number of ether oxygens (including phenoxy) is 1.